The van der Waals surface area contributed by atoms with Crippen molar-refractivity contribution in [2.75, 3.05) is 0 Å². The van der Waals surface area contributed by atoms with E-state index in [2.05, 4.69) is 28.7 Å². The fourth-order valence-electron chi connectivity index (χ4n) is 1.13. The van der Waals surface area contributed by atoms with Crippen LogP contribution in [0.1, 0.15) is 18.1 Å². The van der Waals surface area contributed by atoms with E-state index >= 15 is 0 Å². The molecule has 0 bridgehead atoms. The first-order chi connectivity index (χ1) is 5.59. The highest BCUT2D eigenvalue weighted by molar-refractivity contribution is 14.1. The highest BCUT2D eigenvalue weighted by atomic mass is 127. The van der Waals surface area contributed by atoms with Crippen LogP contribution in [0.5, 0.6) is 0 Å². The van der Waals surface area contributed by atoms with E-state index in [0.29, 0.717) is 6.42 Å². The third-order valence-electron chi connectivity index (χ3n) is 1.74. The zero-order valence-corrected chi connectivity index (χ0v) is 9.38. The molecular weight excluding hydrogens is 263 g/mol. The SMILES string of the molecule is CC(=O)Cc1ccc(I)cc1C. The van der Waals surface area contributed by atoms with E-state index < -0.39 is 0 Å². The summed E-state index contributed by atoms with van der Waals surface area (Å²) in [4.78, 5) is 10.8. The predicted octanol–water partition coefficient (Wildman–Crippen LogP) is 2.73. The van der Waals surface area contributed by atoms with Crippen LogP contribution in [0.3, 0.4) is 0 Å². The molecule has 0 aromatic heterocycles. The predicted molar refractivity (Wildman–Crippen MR) is 58.3 cm³/mol. The van der Waals surface area contributed by atoms with Gasteiger partial charge >= 0.3 is 0 Å². The second-order valence-corrected chi connectivity index (χ2v) is 4.20. The van der Waals surface area contributed by atoms with E-state index in [0.717, 1.165) is 5.56 Å². The normalized spacial score (nSPS) is 9.92. The van der Waals surface area contributed by atoms with Gasteiger partial charge in [-0.05, 0) is 59.7 Å². The van der Waals surface area contributed by atoms with Gasteiger partial charge in [0.25, 0.3) is 0 Å². The fourth-order valence-corrected chi connectivity index (χ4v) is 1.77. The van der Waals surface area contributed by atoms with E-state index in [9.17, 15) is 4.79 Å². The Morgan fingerprint density at radius 2 is 2.17 bits per heavy atom. The van der Waals surface area contributed by atoms with Gasteiger partial charge in [-0.1, -0.05) is 6.07 Å². The van der Waals surface area contributed by atoms with Gasteiger partial charge in [-0.15, -0.1) is 0 Å². The van der Waals surface area contributed by atoms with Gasteiger partial charge in [0.2, 0.25) is 0 Å². The molecule has 12 heavy (non-hydrogen) atoms. The van der Waals surface area contributed by atoms with Crippen LogP contribution in [0, 0.1) is 10.5 Å². The number of halogens is 1. The van der Waals surface area contributed by atoms with Gasteiger partial charge in [0, 0.05) is 9.99 Å². The van der Waals surface area contributed by atoms with Crippen molar-refractivity contribution in [3.8, 4) is 0 Å². The van der Waals surface area contributed by atoms with E-state index in [1.54, 1.807) is 6.92 Å². The minimum atomic E-state index is 0.222. The summed E-state index contributed by atoms with van der Waals surface area (Å²) in [5.74, 6) is 0.222. The van der Waals surface area contributed by atoms with Crippen LogP contribution >= 0.6 is 22.6 Å². The first kappa shape index (κ1) is 9.71. The van der Waals surface area contributed by atoms with E-state index in [1.165, 1.54) is 9.13 Å². The maximum Gasteiger partial charge on any atom is 0.134 e. The smallest absolute Gasteiger partial charge is 0.134 e. The first-order valence-electron chi connectivity index (χ1n) is 3.84. The van der Waals surface area contributed by atoms with Crippen molar-refractivity contribution in [3.05, 3.63) is 32.9 Å². The second kappa shape index (κ2) is 4.03. The Balaban J connectivity index is 2.93. The molecular formula is C10H11IO. The number of carbonyl (C=O) groups excluding carboxylic acids is 1. The third-order valence-corrected chi connectivity index (χ3v) is 2.42. The summed E-state index contributed by atoms with van der Waals surface area (Å²) in [5.41, 5.74) is 2.35. The Morgan fingerprint density at radius 1 is 1.50 bits per heavy atom. The lowest BCUT2D eigenvalue weighted by atomic mass is 10.0. The largest absolute Gasteiger partial charge is 0.300 e. The lowest BCUT2D eigenvalue weighted by Gasteiger charge is -2.02. The van der Waals surface area contributed by atoms with Crippen LogP contribution in [-0.2, 0) is 11.2 Å². The molecule has 0 aliphatic rings. The lowest BCUT2D eigenvalue weighted by Crippen LogP contribution is -1.98. The monoisotopic (exact) mass is 274 g/mol. The Kier molecular flexibility index (Phi) is 3.26. The van der Waals surface area contributed by atoms with Crippen LogP contribution in [0.2, 0.25) is 0 Å². The molecule has 0 N–H and O–H groups in total. The lowest BCUT2D eigenvalue weighted by molar-refractivity contribution is -0.116. The van der Waals surface area contributed by atoms with Crippen LogP contribution < -0.4 is 0 Å². The van der Waals surface area contributed by atoms with Crippen molar-refractivity contribution in [3.63, 3.8) is 0 Å². The molecule has 0 radical (unpaired) electrons. The van der Waals surface area contributed by atoms with Gasteiger partial charge in [-0.25, -0.2) is 0 Å². The van der Waals surface area contributed by atoms with Crippen molar-refractivity contribution in [2.45, 2.75) is 20.3 Å². The second-order valence-electron chi connectivity index (χ2n) is 2.95. The Bertz CT molecular complexity index is 305. The summed E-state index contributed by atoms with van der Waals surface area (Å²) in [6.07, 6.45) is 0.558. The topological polar surface area (TPSA) is 17.1 Å². The van der Waals surface area contributed by atoms with Crippen molar-refractivity contribution in [1.82, 2.24) is 0 Å². The molecule has 0 unspecified atom stereocenters. The van der Waals surface area contributed by atoms with Crippen molar-refractivity contribution in [1.29, 1.82) is 0 Å². The molecule has 1 rings (SSSR count). The van der Waals surface area contributed by atoms with Gasteiger partial charge in [-0.2, -0.15) is 0 Å². The highest BCUT2D eigenvalue weighted by Crippen LogP contribution is 2.13. The number of aryl methyl sites for hydroxylation is 1. The number of ketones is 1. The van der Waals surface area contributed by atoms with Gasteiger partial charge < -0.3 is 0 Å². The summed E-state index contributed by atoms with van der Waals surface area (Å²) in [7, 11) is 0. The zero-order valence-electron chi connectivity index (χ0n) is 7.23. The molecule has 2 heteroatoms. The van der Waals surface area contributed by atoms with Crippen molar-refractivity contribution >= 4 is 28.4 Å². The standard InChI is InChI=1S/C10H11IO/c1-7-5-10(11)4-3-9(7)6-8(2)12/h3-5H,6H2,1-2H3. The minimum absolute atomic E-state index is 0.222. The van der Waals surface area contributed by atoms with Crippen LogP contribution in [0.15, 0.2) is 18.2 Å². The maximum absolute atomic E-state index is 10.8. The number of Topliss-reactive ketones (excluding diaryl/α,β-unsaturated/α-hetero) is 1. The van der Waals surface area contributed by atoms with E-state index in [1.807, 2.05) is 19.1 Å². The maximum atomic E-state index is 10.8. The molecule has 0 atom stereocenters. The van der Waals surface area contributed by atoms with Crippen LogP contribution in [0.25, 0.3) is 0 Å². The number of rotatable bonds is 2. The summed E-state index contributed by atoms with van der Waals surface area (Å²) in [6, 6.07) is 6.16. The number of hydrogen-bond donors (Lipinski definition) is 0. The quantitative estimate of drug-likeness (QED) is 0.758. The molecule has 0 aliphatic carbocycles. The Morgan fingerprint density at radius 3 is 2.67 bits per heavy atom. The molecule has 1 aromatic rings. The Labute approximate surface area is 86.3 Å². The number of carbonyl (C=O) groups is 1. The molecule has 0 fully saturated rings. The van der Waals surface area contributed by atoms with Gasteiger partial charge in [0.15, 0.2) is 0 Å². The molecule has 1 aromatic carbocycles. The molecule has 0 saturated heterocycles. The molecule has 0 amide bonds. The number of hydrogen-bond acceptors (Lipinski definition) is 1. The molecule has 0 spiro atoms. The molecule has 1 nitrogen and oxygen atoms in total. The zero-order chi connectivity index (χ0) is 9.14. The van der Waals surface area contributed by atoms with E-state index in [-0.39, 0.29) is 5.78 Å². The van der Waals surface area contributed by atoms with Gasteiger partial charge in [-0.3, -0.25) is 4.79 Å². The molecule has 0 aliphatic heterocycles. The summed E-state index contributed by atoms with van der Waals surface area (Å²) in [6.45, 7) is 3.66. The average molecular weight is 274 g/mol. The highest BCUT2D eigenvalue weighted by Gasteiger charge is 2.01. The van der Waals surface area contributed by atoms with Crippen LogP contribution in [0.4, 0.5) is 0 Å². The minimum Gasteiger partial charge on any atom is -0.300 e. The average Bonchev–Trinajstić information content (AvgIpc) is 1.94. The van der Waals surface area contributed by atoms with Gasteiger partial charge in [0.1, 0.15) is 5.78 Å². The number of benzene rings is 1. The first-order valence-corrected chi connectivity index (χ1v) is 4.92. The van der Waals surface area contributed by atoms with Gasteiger partial charge in [0.05, 0.1) is 0 Å². The molecule has 0 saturated carbocycles. The van der Waals surface area contributed by atoms with E-state index in [4.69, 9.17) is 0 Å². The summed E-state index contributed by atoms with van der Waals surface area (Å²) in [5, 5.41) is 0. The fraction of sp³-hybridized carbons (Fsp3) is 0.300. The van der Waals surface area contributed by atoms with Crippen LogP contribution in [-0.4, -0.2) is 5.78 Å². The molecule has 64 valence electrons. The Hall–Kier alpha value is -0.380. The van der Waals surface area contributed by atoms with Crippen molar-refractivity contribution in [2.24, 2.45) is 0 Å². The third kappa shape index (κ3) is 2.59. The van der Waals surface area contributed by atoms with Crippen molar-refractivity contribution < 1.29 is 4.79 Å². The summed E-state index contributed by atoms with van der Waals surface area (Å²) < 4.78 is 1.22. The molecule has 0 heterocycles. The summed E-state index contributed by atoms with van der Waals surface area (Å²) >= 11 is 2.27.